The quantitative estimate of drug-likeness (QED) is 0.581. The molecule has 1 saturated carbocycles. The molecule has 3 fully saturated rings. The van der Waals surface area contributed by atoms with Crippen molar-refractivity contribution in [3.8, 4) is 0 Å². The number of piperazine rings is 1. The molecule has 0 radical (unpaired) electrons. The number of amides is 1. The van der Waals surface area contributed by atoms with Gasteiger partial charge in [0.1, 0.15) is 0 Å². The van der Waals surface area contributed by atoms with Crippen LogP contribution >= 0.6 is 0 Å². The molecule has 3 rings (SSSR count). The molecule has 1 amide bonds. The zero-order chi connectivity index (χ0) is 17.6. The highest BCUT2D eigenvalue weighted by molar-refractivity contribution is 5.82. The maximum Gasteiger partial charge on any atom is 0.239 e. The van der Waals surface area contributed by atoms with Gasteiger partial charge in [0.25, 0.3) is 0 Å². The summed E-state index contributed by atoms with van der Waals surface area (Å²) in [7, 11) is 0. The molecule has 142 valence electrons. The standard InChI is InChI=1S/C19H35N5O/c1-3-20-19(21-9-8-17-6-7-17)24-14-12-22(13-15-24)16(2)18(25)23-10-4-5-11-23/h16-17H,3-15H2,1-2H3,(H,20,21). The number of hydrogen-bond acceptors (Lipinski definition) is 3. The molecule has 0 aromatic carbocycles. The summed E-state index contributed by atoms with van der Waals surface area (Å²) in [5, 5.41) is 3.44. The van der Waals surface area contributed by atoms with E-state index in [1.54, 1.807) is 0 Å². The van der Waals surface area contributed by atoms with Crippen LogP contribution in [0.5, 0.6) is 0 Å². The second kappa shape index (κ2) is 8.88. The molecule has 2 saturated heterocycles. The second-order valence-electron chi connectivity index (χ2n) is 7.70. The molecule has 25 heavy (non-hydrogen) atoms. The molecule has 2 aliphatic heterocycles. The van der Waals surface area contributed by atoms with Crippen LogP contribution in [0.3, 0.4) is 0 Å². The van der Waals surface area contributed by atoms with Crippen LogP contribution in [-0.4, -0.2) is 85.0 Å². The normalized spacial score (nSPS) is 23.8. The van der Waals surface area contributed by atoms with Crippen molar-refractivity contribution in [2.45, 2.75) is 52.0 Å². The van der Waals surface area contributed by atoms with Crippen LogP contribution < -0.4 is 5.32 Å². The summed E-state index contributed by atoms with van der Waals surface area (Å²) >= 11 is 0. The molecule has 1 unspecified atom stereocenters. The number of carbonyl (C=O) groups excluding carboxylic acids is 1. The van der Waals surface area contributed by atoms with E-state index in [0.29, 0.717) is 5.91 Å². The van der Waals surface area contributed by atoms with Gasteiger partial charge >= 0.3 is 0 Å². The first kappa shape index (κ1) is 18.5. The number of nitrogens with zero attached hydrogens (tertiary/aromatic N) is 4. The Kier molecular flexibility index (Phi) is 6.57. The first-order valence-corrected chi connectivity index (χ1v) is 10.2. The van der Waals surface area contributed by atoms with Gasteiger partial charge in [-0.25, -0.2) is 0 Å². The summed E-state index contributed by atoms with van der Waals surface area (Å²) in [6.45, 7) is 11.7. The minimum atomic E-state index is 0.00893. The van der Waals surface area contributed by atoms with Gasteiger partial charge < -0.3 is 15.1 Å². The van der Waals surface area contributed by atoms with E-state index < -0.39 is 0 Å². The zero-order valence-electron chi connectivity index (χ0n) is 16.0. The Morgan fingerprint density at radius 2 is 1.76 bits per heavy atom. The first-order valence-electron chi connectivity index (χ1n) is 10.2. The molecule has 1 aliphatic carbocycles. The third-order valence-electron chi connectivity index (χ3n) is 5.77. The van der Waals surface area contributed by atoms with Gasteiger partial charge in [0, 0.05) is 52.4 Å². The van der Waals surface area contributed by atoms with E-state index >= 15 is 0 Å². The summed E-state index contributed by atoms with van der Waals surface area (Å²) in [4.78, 5) is 24.2. The topological polar surface area (TPSA) is 51.2 Å². The van der Waals surface area contributed by atoms with Crippen LogP contribution in [0.25, 0.3) is 0 Å². The van der Waals surface area contributed by atoms with E-state index in [4.69, 9.17) is 4.99 Å². The van der Waals surface area contributed by atoms with Crippen molar-refractivity contribution in [3.05, 3.63) is 0 Å². The van der Waals surface area contributed by atoms with Gasteiger partial charge in [-0.3, -0.25) is 14.7 Å². The lowest BCUT2D eigenvalue weighted by Gasteiger charge is -2.39. The average molecular weight is 350 g/mol. The van der Waals surface area contributed by atoms with Gasteiger partial charge in [-0.05, 0) is 39.0 Å². The number of rotatable bonds is 6. The van der Waals surface area contributed by atoms with E-state index in [0.717, 1.165) is 77.1 Å². The Morgan fingerprint density at radius 1 is 1.08 bits per heavy atom. The number of nitrogens with one attached hydrogen (secondary N) is 1. The molecule has 2 heterocycles. The van der Waals surface area contributed by atoms with Crippen molar-refractivity contribution in [2.75, 3.05) is 52.4 Å². The Morgan fingerprint density at radius 3 is 2.36 bits per heavy atom. The molecule has 1 atom stereocenters. The Balaban J connectivity index is 1.47. The minimum Gasteiger partial charge on any atom is -0.357 e. The minimum absolute atomic E-state index is 0.00893. The first-order chi connectivity index (χ1) is 12.2. The van der Waals surface area contributed by atoms with Crippen molar-refractivity contribution < 1.29 is 4.79 Å². The molecule has 6 heteroatoms. The van der Waals surface area contributed by atoms with E-state index in [1.807, 2.05) is 4.90 Å². The fourth-order valence-corrected chi connectivity index (χ4v) is 3.86. The zero-order valence-corrected chi connectivity index (χ0v) is 16.0. The van der Waals surface area contributed by atoms with Gasteiger partial charge in [-0.2, -0.15) is 0 Å². The van der Waals surface area contributed by atoms with Crippen LogP contribution in [0.2, 0.25) is 0 Å². The van der Waals surface area contributed by atoms with E-state index in [1.165, 1.54) is 19.3 Å². The summed E-state index contributed by atoms with van der Waals surface area (Å²) in [6, 6.07) is 0.00893. The molecular formula is C19H35N5O. The van der Waals surface area contributed by atoms with Gasteiger partial charge in [0.15, 0.2) is 5.96 Å². The lowest BCUT2D eigenvalue weighted by atomic mass is 10.2. The van der Waals surface area contributed by atoms with Gasteiger partial charge in [-0.15, -0.1) is 0 Å². The molecule has 1 N–H and O–H groups in total. The Hall–Kier alpha value is -1.30. The summed E-state index contributed by atoms with van der Waals surface area (Å²) in [6.07, 6.45) is 6.35. The smallest absolute Gasteiger partial charge is 0.239 e. The number of carbonyl (C=O) groups is 1. The predicted molar refractivity (Wildman–Crippen MR) is 102 cm³/mol. The molecule has 6 nitrogen and oxygen atoms in total. The number of aliphatic imine (C=N–C) groups is 1. The van der Waals surface area contributed by atoms with E-state index in [9.17, 15) is 4.79 Å². The van der Waals surface area contributed by atoms with Crippen LogP contribution in [-0.2, 0) is 4.79 Å². The van der Waals surface area contributed by atoms with Crippen LogP contribution in [0, 0.1) is 5.92 Å². The fraction of sp³-hybridized carbons (Fsp3) is 0.895. The number of hydrogen-bond donors (Lipinski definition) is 1. The van der Waals surface area contributed by atoms with Crippen molar-refractivity contribution in [1.82, 2.24) is 20.0 Å². The summed E-state index contributed by atoms with van der Waals surface area (Å²) in [5.41, 5.74) is 0. The second-order valence-corrected chi connectivity index (χ2v) is 7.70. The van der Waals surface area contributed by atoms with Crippen molar-refractivity contribution in [2.24, 2.45) is 10.9 Å². The SMILES string of the molecule is CCNC(=NCCC1CC1)N1CCN(C(C)C(=O)N2CCCC2)CC1. The van der Waals surface area contributed by atoms with Gasteiger partial charge in [0.2, 0.25) is 5.91 Å². The van der Waals surface area contributed by atoms with Crippen molar-refractivity contribution in [3.63, 3.8) is 0 Å². The van der Waals surface area contributed by atoms with Crippen molar-refractivity contribution >= 4 is 11.9 Å². The predicted octanol–water partition coefficient (Wildman–Crippen LogP) is 1.38. The van der Waals surface area contributed by atoms with Crippen molar-refractivity contribution in [1.29, 1.82) is 0 Å². The highest BCUT2D eigenvalue weighted by atomic mass is 16.2. The van der Waals surface area contributed by atoms with E-state index in [-0.39, 0.29) is 6.04 Å². The molecular weight excluding hydrogens is 314 g/mol. The lowest BCUT2D eigenvalue weighted by Crippen LogP contribution is -2.57. The van der Waals surface area contributed by atoms with Crippen LogP contribution in [0.1, 0.15) is 46.0 Å². The van der Waals surface area contributed by atoms with E-state index in [2.05, 4.69) is 29.0 Å². The Labute approximate surface area is 152 Å². The molecule has 0 spiro atoms. The molecule has 3 aliphatic rings. The molecule has 0 aromatic heterocycles. The largest absolute Gasteiger partial charge is 0.357 e. The summed E-state index contributed by atoms with van der Waals surface area (Å²) in [5.74, 6) is 2.30. The monoisotopic (exact) mass is 349 g/mol. The maximum absolute atomic E-state index is 12.6. The lowest BCUT2D eigenvalue weighted by molar-refractivity contribution is -0.135. The third kappa shape index (κ3) is 5.09. The number of likely N-dealkylation sites (tertiary alicyclic amines) is 1. The third-order valence-corrected chi connectivity index (χ3v) is 5.77. The highest BCUT2D eigenvalue weighted by Gasteiger charge is 2.30. The molecule has 0 aromatic rings. The highest BCUT2D eigenvalue weighted by Crippen LogP contribution is 2.32. The van der Waals surface area contributed by atoms with Gasteiger partial charge in [0.05, 0.1) is 6.04 Å². The average Bonchev–Trinajstić information content (AvgIpc) is 3.30. The van der Waals surface area contributed by atoms with Gasteiger partial charge in [-0.1, -0.05) is 12.8 Å². The van der Waals surface area contributed by atoms with Crippen LogP contribution in [0.15, 0.2) is 4.99 Å². The number of guanidine groups is 1. The fourth-order valence-electron chi connectivity index (χ4n) is 3.86. The molecule has 0 bridgehead atoms. The van der Waals surface area contributed by atoms with Crippen LogP contribution in [0.4, 0.5) is 0 Å². The Bertz CT molecular complexity index is 462. The maximum atomic E-state index is 12.6. The summed E-state index contributed by atoms with van der Waals surface area (Å²) < 4.78 is 0.